The number of Topliss-reactive ketones (excluding diaryl/α,β-unsaturated/α-hetero) is 1. The van der Waals surface area contributed by atoms with Crippen molar-refractivity contribution in [3.63, 3.8) is 0 Å². The summed E-state index contributed by atoms with van der Waals surface area (Å²) >= 11 is 0. The van der Waals surface area contributed by atoms with E-state index in [0.29, 0.717) is 11.5 Å². The van der Waals surface area contributed by atoms with Gasteiger partial charge in [0.15, 0.2) is 9.84 Å². The van der Waals surface area contributed by atoms with Gasteiger partial charge in [0.2, 0.25) is 5.91 Å². The van der Waals surface area contributed by atoms with Gasteiger partial charge in [-0.1, -0.05) is 18.2 Å². The SMILES string of the molecule is C=C.NC(=O)CC1(S(=O)(=O)c2ccc(Oc3ccccc3)cc2)CCC(=O)CC1. The van der Waals surface area contributed by atoms with Crippen molar-refractivity contribution in [1.29, 1.82) is 0 Å². The van der Waals surface area contributed by atoms with Crippen molar-refractivity contribution >= 4 is 21.5 Å². The molecule has 0 aromatic heterocycles. The van der Waals surface area contributed by atoms with Crippen LogP contribution in [0.25, 0.3) is 0 Å². The fraction of sp³-hybridized carbons (Fsp3) is 0.273. The number of primary amides is 1. The lowest BCUT2D eigenvalue weighted by molar-refractivity contribution is -0.123. The summed E-state index contributed by atoms with van der Waals surface area (Å²) in [6.45, 7) is 6.00. The molecule has 2 aromatic rings. The fourth-order valence-corrected chi connectivity index (χ4v) is 5.47. The Labute approximate surface area is 171 Å². The Balaban J connectivity index is 0.00000145. The van der Waals surface area contributed by atoms with Crippen LogP contribution in [0.5, 0.6) is 11.5 Å². The van der Waals surface area contributed by atoms with Gasteiger partial charge in [-0.15, -0.1) is 13.2 Å². The first-order chi connectivity index (χ1) is 13.8. The predicted octanol–water partition coefficient (Wildman–Crippen LogP) is 3.81. The smallest absolute Gasteiger partial charge is 0.219 e. The van der Waals surface area contributed by atoms with E-state index in [1.165, 1.54) is 12.1 Å². The normalized spacial score (nSPS) is 15.7. The molecule has 0 heterocycles. The molecule has 154 valence electrons. The van der Waals surface area contributed by atoms with Crippen LogP contribution >= 0.6 is 0 Å². The van der Waals surface area contributed by atoms with Gasteiger partial charge in [-0.25, -0.2) is 8.42 Å². The van der Waals surface area contributed by atoms with Crippen LogP contribution in [0.3, 0.4) is 0 Å². The second-order valence-electron chi connectivity index (χ2n) is 6.75. The number of ether oxygens (including phenoxy) is 1. The fourth-order valence-electron chi connectivity index (χ4n) is 3.40. The molecule has 0 radical (unpaired) electrons. The van der Waals surface area contributed by atoms with E-state index < -0.39 is 20.5 Å². The molecule has 0 bridgehead atoms. The Morgan fingerprint density at radius 2 is 1.48 bits per heavy atom. The molecule has 6 nitrogen and oxygen atoms in total. The van der Waals surface area contributed by atoms with Crippen LogP contribution in [0.1, 0.15) is 32.1 Å². The second-order valence-corrected chi connectivity index (χ2v) is 9.10. The number of ketones is 1. The third-order valence-electron chi connectivity index (χ3n) is 4.90. The quantitative estimate of drug-likeness (QED) is 0.723. The first kappa shape index (κ1) is 22.4. The van der Waals surface area contributed by atoms with E-state index in [1.807, 2.05) is 18.2 Å². The molecule has 7 heteroatoms. The van der Waals surface area contributed by atoms with Crippen LogP contribution in [-0.4, -0.2) is 24.9 Å². The first-order valence-corrected chi connectivity index (χ1v) is 10.7. The minimum absolute atomic E-state index is 0.0110. The van der Waals surface area contributed by atoms with Gasteiger partial charge < -0.3 is 10.5 Å². The van der Waals surface area contributed by atoms with E-state index in [-0.39, 0.29) is 42.8 Å². The Bertz CT molecular complexity index is 942. The zero-order valence-electron chi connectivity index (χ0n) is 16.2. The van der Waals surface area contributed by atoms with Crippen molar-refractivity contribution in [3.8, 4) is 11.5 Å². The summed E-state index contributed by atoms with van der Waals surface area (Å²) in [7, 11) is -3.84. The molecule has 3 rings (SSSR count). The highest BCUT2D eigenvalue weighted by Crippen LogP contribution is 2.41. The molecule has 0 unspecified atom stereocenters. The number of nitrogens with two attached hydrogens (primary N) is 1. The van der Waals surface area contributed by atoms with Gasteiger partial charge in [0.05, 0.1) is 9.64 Å². The van der Waals surface area contributed by atoms with Crippen molar-refractivity contribution in [2.24, 2.45) is 5.73 Å². The number of hydrogen-bond donors (Lipinski definition) is 1. The standard InChI is InChI=1S/C20H21NO5S.C2H4/c21-19(23)14-20(12-10-15(22)11-13-20)27(24,25)18-8-6-17(7-9-18)26-16-4-2-1-3-5-16;1-2/h1-9H,10-14H2,(H2,21,23);1-2H2. The molecule has 1 fully saturated rings. The summed E-state index contributed by atoms with van der Waals surface area (Å²) in [5.41, 5.74) is 5.32. The Morgan fingerprint density at radius 3 is 2.00 bits per heavy atom. The predicted molar refractivity (Wildman–Crippen MR) is 111 cm³/mol. The summed E-state index contributed by atoms with van der Waals surface area (Å²) in [6.07, 6.45) is 0.215. The van der Waals surface area contributed by atoms with Crippen LogP contribution < -0.4 is 10.5 Å². The highest BCUT2D eigenvalue weighted by Gasteiger charge is 2.47. The molecule has 1 aliphatic carbocycles. The van der Waals surface area contributed by atoms with Crippen molar-refractivity contribution < 1.29 is 22.7 Å². The zero-order chi connectivity index (χ0) is 21.5. The third-order valence-corrected chi connectivity index (χ3v) is 7.48. The zero-order valence-corrected chi connectivity index (χ0v) is 17.0. The van der Waals surface area contributed by atoms with Crippen molar-refractivity contribution in [3.05, 3.63) is 67.8 Å². The van der Waals surface area contributed by atoms with Crippen LogP contribution in [0, 0.1) is 0 Å². The topological polar surface area (TPSA) is 104 Å². The number of benzene rings is 2. The second kappa shape index (κ2) is 9.52. The minimum atomic E-state index is -3.84. The summed E-state index contributed by atoms with van der Waals surface area (Å²) in [5.74, 6) is 0.473. The van der Waals surface area contributed by atoms with Gasteiger partial charge in [0.1, 0.15) is 17.3 Å². The minimum Gasteiger partial charge on any atom is -0.457 e. The molecule has 2 aromatic carbocycles. The van der Waals surface area contributed by atoms with Crippen LogP contribution in [-0.2, 0) is 19.4 Å². The van der Waals surface area contributed by atoms with E-state index in [4.69, 9.17) is 10.5 Å². The molecule has 0 aliphatic heterocycles. The van der Waals surface area contributed by atoms with E-state index in [2.05, 4.69) is 13.2 Å². The molecule has 1 saturated carbocycles. The number of amides is 1. The molecular weight excluding hydrogens is 390 g/mol. The van der Waals surface area contributed by atoms with Gasteiger partial charge >= 0.3 is 0 Å². The summed E-state index contributed by atoms with van der Waals surface area (Å²) in [6, 6.07) is 15.2. The molecule has 0 atom stereocenters. The summed E-state index contributed by atoms with van der Waals surface area (Å²) in [4.78, 5) is 23.2. The van der Waals surface area contributed by atoms with Crippen molar-refractivity contribution in [2.45, 2.75) is 41.7 Å². The summed E-state index contributed by atoms with van der Waals surface area (Å²) < 4.78 is 30.9. The van der Waals surface area contributed by atoms with Crippen LogP contribution in [0.15, 0.2) is 72.7 Å². The molecule has 2 N–H and O–H groups in total. The Hall–Kier alpha value is -2.93. The van der Waals surface area contributed by atoms with Gasteiger partial charge in [0.25, 0.3) is 0 Å². The summed E-state index contributed by atoms with van der Waals surface area (Å²) in [5, 5.41) is 0. The van der Waals surface area contributed by atoms with Gasteiger partial charge in [-0.2, -0.15) is 0 Å². The number of carbonyl (C=O) groups excluding carboxylic acids is 2. The van der Waals surface area contributed by atoms with E-state index >= 15 is 0 Å². The lowest BCUT2D eigenvalue weighted by atomic mass is 9.85. The number of carbonyl (C=O) groups is 2. The Morgan fingerprint density at radius 1 is 0.966 bits per heavy atom. The molecule has 29 heavy (non-hydrogen) atoms. The van der Waals surface area contributed by atoms with Crippen LogP contribution in [0.4, 0.5) is 0 Å². The Kier molecular flexibility index (Phi) is 7.34. The van der Waals surface area contributed by atoms with E-state index in [9.17, 15) is 18.0 Å². The lowest BCUT2D eigenvalue weighted by Gasteiger charge is -2.35. The average molecular weight is 416 g/mol. The maximum atomic E-state index is 13.3. The van der Waals surface area contributed by atoms with Gasteiger partial charge in [-0.3, -0.25) is 9.59 Å². The molecule has 0 saturated heterocycles. The largest absolute Gasteiger partial charge is 0.457 e. The third kappa shape index (κ3) is 5.12. The van der Waals surface area contributed by atoms with E-state index in [1.54, 1.807) is 24.3 Å². The maximum Gasteiger partial charge on any atom is 0.219 e. The maximum absolute atomic E-state index is 13.3. The average Bonchev–Trinajstić information content (AvgIpc) is 2.72. The monoisotopic (exact) mass is 415 g/mol. The van der Waals surface area contributed by atoms with Crippen molar-refractivity contribution in [2.75, 3.05) is 0 Å². The van der Waals surface area contributed by atoms with E-state index in [0.717, 1.165) is 0 Å². The molecule has 1 amide bonds. The molecule has 1 aliphatic rings. The lowest BCUT2D eigenvalue weighted by Crippen LogP contribution is -2.45. The highest BCUT2D eigenvalue weighted by molar-refractivity contribution is 7.92. The number of para-hydroxylation sites is 1. The van der Waals surface area contributed by atoms with Gasteiger partial charge in [-0.05, 0) is 49.2 Å². The number of sulfone groups is 1. The van der Waals surface area contributed by atoms with Crippen LogP contribution in [0.2, 0.25) is 0 Å². The first-order valence-electron chi connectivity index (χ1n) is 9.20. The molecule has 0 spiro atoms. The number of rotatable bonds is 6. The number of hydrogen-bond acceptors (Lipinski definition) is 5. The van der Waals surface area contributed by atoms with Crippen molar-refractivity contribution in [1.82, 2.24) is 0 Å². The highest BCUT2D eigenvalue weighted by atomic mass is 32.2. The van der Waals surface area contributed by atoms with Gasteiger partial charge in [0, 0.05) is 19.3 Å². The molecular formula is C22H25NO5S.